The molecule has 0 radical (unpaired) electrons. The van der Waals surface area contributed by atoms with Gasteiger partial charge in [-0.25, -0.2) is 4.98 Å². The Morgan fingerprint density at radius 3 is 2.81 bits per heavy atom. The van der Waals surface area contributed by atoms with Gasteiger partial charge in [0.15, 0.2) is 0 Å². The maximum Gasteiger partial charge on any atom is 0.150 e. The number of benzene rings is 1. The molecule has 1 aromatic carbocycles. The van der Waals surface area contributed by atoms with Gasteiger partial charge in [0.2, 0.25) is 0 Å². The highest BCUT2D eigenvalue weighted by atomic mass is 32.2. The fourth-order valence-corrected chi connectivity index (χ4v) is 2.14. The van der Waals surface area contributed by atoms with Crippen LogP contribution >= 0.6 is 11.8 Å². The van der Waals surface area contributed by atoms with E-state index < -0.39 is 0 Å². The molecular weight excluding hydrogens is 220 g/mol. The van der Waals surface area contributed by atoms with Crippen molar-refractivity contribution in [2.75, 3.05) is 0 Å². The number of hydrogen-bond acceptors (Lipinski definition) is 4. The Hall–Kier alpha value is -1.68. The monoisotopic (exact) mass is 230 g/mol. The van der Waals surface area contributed by atoms with Crippen LogP contribution in [0.3, 0.4) is 0 Å². The highest BCUT2D eigenvalue weighted by molar-refractivity contribution is 7.99. The largest absolute Gasteiger partial charge is 0.298 e. The summed E-state index contributed by atoms with van der Waals surface area (Å²) >= 11 is 1.53. The van der Waals surface area contributed by atoms with Gasteiger partial charge in [-0.1, -0.05) is 17.8 Å². The molecule has 3 nitrogen and oxygen atoms in total. The molecule has 80 valence electrons. The average Bonchev–Trinajstić information content (AvgIpc) is 2.31. The molecule has 2 aromatic rings. The maximum atomic E-state index is 10.7. The maximum absolute atomic E-state index is 10.7. The van der Waals surface area contributed by atoms with Gasteiger partial charge in [0.1, 0.15) is 11.3 Å². The van der Waals surface area contributed by atoms with Gasteiger partial charge in [0, 0.05) is 22.9 Å². The van der Waals surface area contributed by atoms with Crippen molar-refractivity contribution < 1.29 is 4.79 Å². The quantitative estimate of drug-likeness (QED) is 0.760. The second kappa shape index (κ2) is 4.90. The third-order valence-electron chi connectivity index (χ3n) is 2.13. The highest BCUT2D eigenvalue weighted by Gasteiger charge is 2.01. The lowest BCUT2D eigenvalue weighted by atomic mass is 10.1. The molecule has 2 rings (SSSR count). The molecule has 0 bridgehead atoms. The van der Waals surface area contributed by atoms with Crippen LogP contribution in [0.5, 0.6) is 0 Å². The zero-order chi connectivity index (χ0) is 11.4. The Bertz CT molecular complexity index is 500. The number of carbonyl (C=O) groups is 1. The molecule has 0 fully saturated rings. The minimum atomic E-state index is 0.725. The van der Waals surface area contributed by atoms with Gasteiger partial charge in [0.25, 0.3) is 0 Å². The fourth-order valence-electron chi connectivity index (χ4n) is 1.30. The molecule has 0 N–H and O–H groups in total. The van der Waals surface area contributed by atoms with E-state index in [1.54, 1.807) is 18.6 Å². The summed E-state index contributed by atoms with van der Waals surface area (Å²) in [4.78, 5) is 19.9. The number of hydrogen-bond donors (Lipinski definition) is 0. The molecule has 0 aliphatic heterocycles. The lowest BCUT2D eigenvalue weighted by Crippen LogP contribution is -1.87. The summed E-state index contributed by atoms with van der Waals surface area (Å²) in [6.45, 7) is 1.92. The first-order valence-electron chi connectivity index (χ1n) is 4.79. The summed E-state index contributed by atoms with van der Waals surface area (Å²) < 4.78 is 0. The van der Waals surface area contributed by atoms with E-state index in [0.29, 0.717) is 0 Å². The van der Waals surface area contributed by atoms with Crippen LogP contribution in [0.1, 0.15) is 15.9 Å². The number of aldehydes is 1. The van der Waals surface area contributed by atoms with Gasteiger partial charge in [-0.3, -0.25) is 9.78 Å². The van der Waals surface area contributed by atoms with Crippen molar-refractivity contribution in [2.24, 2.45) is 0 Å². The molecule has 0 unspecified atom stereocenters. The highest BCUT2D eigenvalue weighted by Crippen LogP contribution is 2.26. The van der Waals surface area contributed by atoms with E-state index in [4.69, 9.17) is 0 Å². The molecule has 0 aliphatic rings. The number of nitrogens with zero attached hydrogens (tertiary/aromatic N) is 2. The summed E-state index contributed by atoms with van der Waals surface area (Å²) in [5.41, 5.74) is 1.70. The molecule has 0 saturated heterocycles. The second-order valence-corrected chi connectivity index (χ2v) is 4.38. The first kappa shape index (κ1) is 10.8. The minimum Gasteiger partial charge on any atom is -0.298 e. The Morgan fingerprint density at radius 2 is 2.19 bits per heavy atom. The molecule has 0 saturated carbocycles. The van der Waals surface area contributed by atoms with Crippen LogP contribution in [0, 0.1) is 6.92 Å². The van der Waals surface area contributed by atoms with E-state index in [0.717, 1.165) is 27.3 Å². The molecule has 0 amide bonds. The van der Waals surface area contributed by atoms with Crippen LogP contribution in [0.25, 0.3) is 0 Å². The summed E-state index contributed by atoms with van der Waals surface area (Å²) in [6.07, 6.45) is 5.89. The van der Waals surface area contributed by atoms with E-state index in [-0.39, 0.29) is 0 Å². The standard InChI is InChI=1S/C12H10N2OS/c1-9-6-11(3-2-10(9)8-15)16-12-7-13-4-5-14-12/h2-8H,1H3. The van der Waals surface area contributed by atoms with Crippen LogP contribution in [0.4, 0.5) is 0 Å². The third kappa shape index (κ3) is 2.46. The van der Waals surface area contributed by atoms with Crippen molar-refractivity contribution in [3.05, 3.63) is 47.9 Å². The van der Waals surface area contributed by atoms with Gasteiger partial charge in [-0.05, 0) is 24.6 Å². The summed E-state index contributed by atoms with van der Waals surface area (Å²) in [6, 6.07) is 5.71. The Labute approximate surface area is 97.9 Å². The molecule has 1 aromatic heterocycles. The first-order valence-corrected chi connectivity index (χ1v) is 5.61. The second-order valence-electron chi connectivity index (χ2n) is 3.28. The molecule has 4 heteroatoms. The van der Waals surface area contributed by atoms with Crippen molar-refractivity contribution in [2.45, 2.75) is 16.8 Å². The number of rotatable bonds is 3. The van der Waals surface area contributed by atoms with Crippen molar-refractivity contribution in [3.8, 4) is 0 Å². The third-order valence-corrected chi connectivity index (χ3v) is 3.04. The van der Waals surface area contributed by atoms with Crippen molar-refractivity contribution in [1.29, 1.82) is 0 Å². The smallest absolute Gasteiger partial charge is 0.150 e. The topological polar surface area (TPSA) is 42.9 Å². The minimum absolute atomic E-state index is 0.725. The SMILES string of the molecule is Cc1cc(Sc2cnccn2)ccc1C=O. The van der Waals surface area contributed by atoms with Crippen LogP contribution in [-0.4, -0.2) is 16.3 Å². The first-order chi connectivity index (χ1) is 7.79. The van der Waals surface area contributed by atoms with Crippen molar-refractivity contribution in [1.82, 2.24) is 9.97 Å². The van der Waals surface area contributed by atoms with E-state index in [9.17, 15) is 4.79 Å². The van der Waals surface area contributed by atoms with Crippen LogP contribution in [-0.2, 0) is 0 Å². The lowest BCUT2D eigenvalue weighted by molar-refractivity contribution is 0.112. The summed E-state index contributed by atoms with van der Waals surface area (Å²) in [5.74, 6) is 0. The molecule has 0 aliphatic carbocycles. The van der Waals surface area contributed by atoms with Crippen LogP contribution in [0.15, 0.2) is 46.7 Å². The summed E-state index contributed by atoms with van der Waals surface area (Å²) in [5, 5.41) is 0.848. The van der Waals surface area contributed by atoms with Gasteiger partial charge >= 0.3 is 0 Å². The molecular formula is C12H10N2OS. The molecule has 0 atom stereocenters. The normalized spacial score (nSPS) is 10.1. The Balaban J connectivity index is 2.23. The van der Waals surface area contributed by atoms with Crippen molar-refractivity contribution >= 4 is 18.0 Å². The number of aryl methyl sites for hydroxylation is 1. The number of aromatic nitrogens is 2. The van der Waals surface area contributed by atoms with Gasteiger partial charge in [-0.15, -0.1) is 0 Å². The van der Waals surface area contributed by atoms with E-state index in [1.165, 1.54) is 11.8 Å². The zero-order valence-corrected chi connectivity index (χ0v) is 9.57. The van der Waals surface area contributed by atoms with E-state index in [1.807, 2.05) is 25.1 Å². The van der Waals surface area contributed by atoms with Gasteiger partial charge in [0.05, 0.1) is 6.20 Å². The predicted molar refractivity (Wildman–Crippen MR) is 62.7 cm³/mol. The zero-order valence-electron chi connectivity index (χ0n) is 8.75. The van der Waals surface area contributed by atoms with Crippen molar-refractivity contribution in [3.63, 3.8) is 0 Å². The molecule has 0 spiro atoms. The van der Waals surface area contributed by atoms with E-state index >= 15 is 0 Å². The Kier molecular flexibility index (Phi) is 3.31. The average molecular weight is 230 g/mol. The predicted octanol–water partition coefficient (Wildman–Crippen LogP) is 2.75. The summed E-state index contributed by atoms with van der Waals surface area (Å²) in [7, 11) is 0. The lowest BCUT2D eigenvalue weighted by Gasteiger charge is -2.03. The molecule has 16 heavy (non-hydrogen) atoms. The molecule has 1 heterocycles. The number of carbonyl (C=O) groups excluding carboxylic acids is 1. The van der Waals surface area contributed by atoms with Gasteiger partial charge < -0.3 is 0 Å². The van der Waals surface area contributed by atoms with E-state index in [2.05, 4.69) is 9.97 Å². The van der Waals surface area contributed by atoms with Gasteiger partial charge in [-0.2, -0.15) is 0 Å². The van der Waals surface area contributed by atoms with Crippen LogP contribution < -0.4 is 0 Å². The van der Waals surface area contributed by atoms with Crippen LogP contribution in [0.2, 0.25) is 0 Å². The fraction of sp³-hybridized carbons (Fsp3) is 0.0833. The Morgan fingerprint density at radius 1 is 1.31 bits per heavy atom.